The zero-order valence-electron chi connectivity index (χ0n) is 17.1. The van der Waals surface area contributed by atoms with Crippen LogP contribution in [0.2, 0.25) is 0 Å². The molecule has 0 saturated carbocycles. The van der Waals surface area contributed by atoms with E-state index in [0.29, 0.717) is 11.5 Å². The summed E-state index contributed by atoms with van der Waals surface area (Å²) < 4.78 is 17.0. The Morgan fingerprint density at radius 2 is 1.31 bits per heavy atom. The van der Waals surface area contributed by atoms with E-state index in [4.69, 9.17) is 14.2 Å². The van der Waals surface area contributed by atoms with Gasteiger partial charge in [-0.15, -0.1) is 0 Å². The molecule has 2 atom stereocenters. The minimum absolute atomic E-state index is 0.344. The van der Waals surface area contributed by atoms with Crippen LogP contribution in [0, 0.1) is 0 Å². The van der Waals surface area contributed by atoms with Gasteiger partial charge in [-0.25, -0.2) is 4.79 Å². The van der Waals surface area contributed by atoms with Crippen LogP contribution < -0.4 is 9.47 Å². The molecular weight excluding hydrogens is 372 g/mol. The van der Waals surface area contributed by atoms with E-state index in [1.807, 2.05) is 48.5 Å². The fourth-order valence-electron chi connectivity index (χ4n) is 4.62. The van der Waals surface area contributed by atoms with Crippen LogP contribution in [0.5, 0.6) is 11.5 Å². The minimum Gasteiger partial charge on any atom is -0.497 e. The van der Waals surface area contributed by atoms with Gasteiger partial charge in [0.2, 0.25) is 0 Å². The summed E-state index contributed by atoms with van der Waals surface area (Å²) >= 11 is 0. The molecule has 0 spiro atoms. The number of hydrogen-bond acceptors (Lipinski definition) is 5. The number of rotatable bonds is 4. The number of ether oxygens (including phenoxy) is 3. The van der Waals surface area contributed by atoms with Crippen LogP contribution in [-0.4, -0.2) is 61.7 Å². The van der Waals surface area contributed by atoms with Gasteiger partial charge >= 0.3 is 6.03 Å². The summed E-state index contributed by atoms with van der Waals surface area (Å²) in [6, 6.07) is 14.1. The van der Waals surface area contributed by atoms with Gasteiger partial charge in [0.25, 0.3) is 5.91 Å². The second-order valence-electron chi connectivity index (χ2n) is 7.56. The molecule has 29 heavy (non-hydrogen) atoms. The molecule has 0 aromatic heterocycles. The number of urea groups is 1. The molecule has 0 radical (unpaired) electrons. The minimum atomic E-state index is -1.14. The Hall–Kier alpha value is -3.06. The highest BCUT2D eigenvalue weighted by atomic mass is 16.6. The third-order valence-electron chi connectivity index (χ3n) is 6.02. The fourth-order valence-corrected chi connectivity index (χ4v) is 4.62. The molecular formula is C22H24N2O5. The van der Waals surface area contributed by atoms with E-state index >= 15 is 0 Å². The molecule has 0 aliphatic carbocycles. The van der Waals surface area contributed by atoms with Crippen molar-refractivity contribution in [3.05, 3.63) is 59.7 Å². The van der Waals surface area contributed by atoms with E-state index in [-0.39, 0.29) is 11.9 Å². The predicted molar refractivity (Wildman–Crippen MR) is 106 cm³/mol. The molecule has 152 valence electrons. The van der Waals surface area contributed by atoms with Crippen molar-refractivity contribution >= 4 is 11.9 Å². The first-order valence-corrected chi connectivity index (χ1v) is 9.33. The van der Waals surface area contributed by atoms with E-state index in [0.717, 1.165) is 16.0 Å². The highest BCUT2D eigenvalue weighted by molar-refractivity contribution is 6.03. The topological polar surface area (TPSA) is 68.3 Å². The lowest BCUT2D eigenvalue weighted by Gasteiger charge is -2.65. The van der Waals surface area contributed by atoms with Gasteiger partial charge in [0.1, 0.15) is 23.1 Å². The third kappa shape index (κ3) is 2.47. The van der Waals surface area contributed by atoms with Crippen LogP contribution in [0.4, 0.5) is 4.79 Å². The molecule has 0 N–H and O–H groups in total. The SMILES string of the molecule is COc1ccc(C2(c3ccc(OC)cc3)O[C@@]3(C)C(=O)N(C)C(=O)N(C)[C@@H]23)cc1. The lowest BCUT2D eigenvalue weighted by molar-refractivity contribution is -0.296. The summed E-state index contributed by atoms with van der Waals surface area (Å²) in [4.78, 5) is 28.4. The quantitative estimate of drug-likeness (QED) is 0.795. The summed E-state index contributed by atoms with van der Waals surface area (Å²) in [6.45, 7) is 1.74. The molecule has 0 bridgehead atoms. The number of amides is 3. The van der Waals surface area contributed by atoms with Crippen LogP contribution in [0.25, 0.3) is 0 Å². The van der Waals surface area contributed by atoms with Gasteiger partial charge < -0.3 is 19.1 Å². The molecule has 4 rings (SSSR count). The van der Waals surface area contributed by atoms with Gasteiger partial charge in [0.15, 0.2) is 5.60 Å². The van der Waals surface area contributed by atoms with Crippen LogP contribution in [0.15, 0.2) is 48.5 Å². The number of carbonyl (C=O) groups excluding carboxylic acids is 2. The third-order valence-corrected chi connectivity index (χ3v) is 6.02. The smallest absolute Gasteiger partial charge is 0.326 e. The first-order valence-electron chi connectivity index (χ1n) is 9.33. The Kier molecular flexibility index (Phi) is 4.31. The zero-order chi connectivity index (χ0) is 21.0. The second kappa shape index (κ2) is 6.49. The van der Waals surface area contributed by atoms with Crippen LogP contribution in [0.1, 0.15) is 18.1 Å². The van der Waals surface area contributed by atoms with Gasteiger partial charge in [-0.2, -0.15) is 0 Å². The standard InChI is InChI=1S/C22H24N2O5/c1-21-18(23(2)20(26)24(3)19(21)25)22(29-21,14-6-10-16(27-4)11-7-14)15-8-12-17(28-5)13-9-15/h6-13,18H,1-5H3/t18-,21-/m1/s1. The average molecular weight is 396 g/mol. The van der Waals surface area contributed by atoms with E-state index < -0.39 is 17.2 Å². The van der Waals surface area contributed by atoms with Crippen molar-refractivity contribution < 1.29 is 23.8 Å². The van der Waals surface area contributed by atoms with Gasteiger partial charge in [-0.1, -0.05) is 24.3 Å². The van der Waals surface area contributed by atoms with Crippen LogP contribution >= 0.6 is 0 Å². The largest absolute Gasteiger partial charge is 0.497 e. The normalized spacial score (nSPS) is 25.3. The Labute approximate surface area is 169 Å². The van der Waals surface area contributed by atoms with Crippen molar-refractivity contribution in [1.29, 1.82) is 0 Å². The van der Waals surface area contributed by atoms with Gasteiger partial charge in [-0.05, 0) is 42.3 Å². The maximum Gasteiger partial charge on any atom is 0.326 e. The molecule has 2 aliphatic heterocycles. The molecule has 2 aliphatic rings. The molecule has 7 nitrogen and oxygen atoms in total. The van der Waals surface area contributed by atoms with E-state index in [9.17, 15) is 9.59 Å². The first-order chi connectivity index (χ1) is 13.8. The number of likely N-dealkylation sites (N-methyl/N-ethyl adjacent to an activating group) is 2. The number of methoxy groups -OCH3 is 2. The molecule has 2 aromatic carbocycles. The number of benzene rings is 2. The van der Waals surface area contributed by atoms with Crippen molar-refractivity contribution in [3.63, 3.8) is 0 Å². The number of fused-ring (bicyclic) bond motifs is 1. The Balaban J connectivity index is 1.90. The maximum absolute atomic E-state index is 12.9. The zero-order valence-corrected chi connectivity index (χ0v) is 17.1. The lowest BCUT2D eigenvalue weighted by Crippen LogP contribution is -2.83. The van der Waals surface area contributed by atoms with E-state index in [1.54, 1.807) is 33.1 Å². The van der Waals surface area contributed by atoms with Gasteiger partial charge in [0, 0.05) is 14.1 Å². The van der Waals surface area contributed by atoms with Crippen molar-refractivity contribution in [2.45, 2.75) is 24.2 Å². The Bertz CT molecular complexity index is 909. The van der Waals surface area contributed by atoms with Crippen molar-refractivity contribution in [3.8, 4) is 11.5 Å². The Morgan fingerprint density at radius 1 is 0.862 bits per heavy atom. The second-order valence-corrected chi connectivity index (χ2v) is 7.56. The van der Waals surface area contributed by atoms with Gasteiger partial charge in [-0.3, -0.25) is 9.69 Å². The molecule has 2 saturated heterocycles. The first kappa shape index (κ1) is 19.3. The van der Waals surface area contributed by atoms with E-state index in [1.165, 1.54) is 7.05 Å². The summed E-state index contributed by atoms with van der Waals surface area (Å²) in [5, 5.41) is 0. The van der Waals surface area contributed by atoms with Crippen LogP contribution in [-0.2, 0) is 15.1 Å². The monoisotopic (exact) mass is 396 g/mol. The lowest BCUT2D eigenvalue weighted by atomic mass is 9.65. The maximum atomic E-state index is 12.9. The summed E-state index contributed by atoms with van der Waals surface area (Å²) in [5.74, 6) is 1.08. The number of imide groups is 1. The summed E-state index contributed by atoms with van der Waals surface area (Å²) in [6.07, 6.45) is 0. The average Bonchev–Trinajstić information content (AvgIpc) is 2.74. The molecule has 0 unspecified atom stereocenters. The van der Waals surface area contributed by atoms with Crippen molar-refractivity contribution in [2.24, 2.45) is 0 Å². The molecule has 2 fully saturated rings. The molecule has 3 amide bonds. The summed E-state index contributed by atoms with van der Waals surface area (Å²) in [5.41, 5.74) is -0.461. The van der Waals surface area contributed by atoms with Crippen molar-refractivity contribution in [2.75, 3.05) is 28.3 Å². The molecule has 2 heterocycles. The highest BCUT2D eigenvalue weighted by Crippen LogP contribution is 2.57. The molecule has 7 heteroatoms. The van der Waals surface area contributed by atoms with E-state index in [2.05, 4.69) is 0 Å². The molecule has 2 aromatic rings. The Morgan fingerprint density at radius 3 is 1.72 bits per heavy atom. The van der Waals surface area contributed by atoms with Gasteiger partial charge in [0.05, 0.1) is 14.2 Å². The number of nitrogens with zero attached hydrogens (tertiary/aromatic N) is 2. The highest BCUT2D eigenvalue weighted by Gasteiger charge is 2.73. The number of carbonyl (C=O) groups is 2. The fraction of sp³-hybridized carbons (Fsp3) is 0.364. The predicted octanol–water partition coefficient (Wildman–Crippen LogP) is 2.63. The van der Waals surface area contributed by atoms with Crippen molar-refractivity contribution in [1.82, 2.24) is 9.80 Å². The van der Waals surface area contributed by atoms with Crippen LogP contribution in [0.3, 0.4) is 0 Å². The summed E-state index contributed by atoms with van der Waals surface area (Å²) in [7, 11) is 6.39. The number of hydrogen-bond donors (Lipinski definition) is 0.